The molecule has 0 saturated carbocycles. The van der Waals surface area contributed by atoms with Gasteiger partial charge in [0.1, 0.15) is 0 Å². The second-order valence-electron chi connectivity index (χ2n) is 0. The maximum absolute atomic E-state index is 4.49. The van der Waals surface area contributed by atoms with Crippen molar-refractivity contribution in [2.45, 2.75) is 13.8 Å². The van der Waals surface area contributed by atoms with Gasteiger partial charge >= 0.3 is 27.7 Å². The molecule has 0 aliphatic rings. The quantitative estimate of drug-likeness (QED) is 0.488. The number of halogens is 1. The van der Waals surface area contributed by atoms with Crippen LogP contribution in [0.5, 0.6) is 0 Å². The van der Waals surface area contributed by atoms with Crippen molar-refractivity contribution in [2.75, 3.05) is 0 Å². The average molecular weight is 172 g/mol. The molecule has 0 aromatic heterocycles. The van der Waals surface area contributed by atoms with Crippen LogP contribution in [0, 0.1) is 0 Å². The summed E-state index contributed by atoms with van der Waals surface area (Å²) in [7, 11) is 4.49. The van der Waals surface area contributed by atoms with E-state index in [-0.39, 0.29) is 0 Å². The second kappa shape index (κ2) is 38.0. The van der Waals surface area contributed by atoms with Gasteiger partial charge in [-0.15, -0.1) is 0 Å². The molecule has 0 fully saturated rings. The van der Waals surface area contributed by atoms with Crippen molar-refractivity contribution in [3.63, 3.8) is 0 Å². The molecule has 0 aromatic rings. The van der Waals surface area contributed by atoms with Crippen LogP contribution in [0.2, 0.25) is 0 Å². The van der Waals surface area contributed by atoms with Gasteiger partial charge in [-0.3, -0.25) is 0 Å². The first kappa shape index (κ1) is 8.88. The van der Waals surface area contributed by atoms with E-state index in [9.17, 15) is 0 Å². The van der Waals surface area contributed by atoms with Gasteiger partial charge < -0.3 is 0 Å². The van der Waals surface area contributed by atoms with Crippen molar-refractivity contribution < 1.29 is 18.2 Å². The fourth-order valence-corrected chi connectivity index (χ4v) is 0. The van der Waals surface area contributed by atoms with Gasteiger partial charge in [0.15, 0.2) is 0 Å². The van der Waals surface area contributed by atoms with Crippen molar-refractivity contribution >= 4 is 9.53 Å². The molecule has 0 N–H and O–H groups in total. The molecule has 2 heteroatoms. The maximum atomic E-state index is 4.49. The van der Waals surface area contributed by atoms with Crippen LogP contribution in [0.1, 0.15) is 13.8 Å². The number of hydrogen-bond donors (Lipinski definition) is 0. The Morgan fingerprint density at radius 3 is 1.25 bits per heavy atom. The van der Waals surface area contributed by atoms with E-state index in [0.717, 1.165) is 0 Å². The molecule has 0 aliphatic heterocycles. The Morgan fingerprint density at radius 1 is 1.25 bits per heavy atom. The van der Waals surface area contributed by atoms with Gasteiger partial charge in [-0.1, -0.05) is 13.8 Å². The normalized spacial score (nSPS) is 3.25. The van der Waals surface area contributed by atoms with Crippen LogP contribution in [0.3, 0.4) is 0 Å². The van der Waals surface area contributed by atoms with E-state index < -0.39 is 0 Å². The first-order chi connectivity index (χ1) is 2.00. The van der Waals surface area contributed by atoms with Gasteiger partial charge in [-0.05, 0) is 0 Å². The van der Waals surface area contributed by atoms with Crippen molar-refractivity contribution in [2.24, 2.45) is 0 Å². The first-order valence-corrected chi connectivity index (χ1v) is 3.12. The Hall–Kier alpha value is 0.952. The van der Waals surface area contributed by atoms with E-state index in [1.54, 1.807) is 0 Å². The van der Waals surface area contributed by atoms with Crippen LogP contribution in [0.25, 0.3) is 0 Å². The van der Waals surface area contributed by atoms with Crippen LogP contribution >= 0.6 is 9.53 Å². The van der Waals surface area contributed by atoms with Crippen LogP contribution in [-0.2, 0) is 18.2 Å². The molecule has 0 heterocycles. The van der Waals surface area contributed by atoms with E-state index in [2.05, 4.69) is 27.7 Å². The van der Waals surface area contributed by atoms with Gasteiger partial charge in [0.25, 0.3) is 0 Å². The zero-order chi connectivity index (χ0) is 4.00. The Balaban J connectivity index is 0. The second-order valence-corrected chi connectivity index (χ2v) is 0. The molecule has 31 valence electrons. The minimum absolute atomic E-state index is 2.00. The molecule has 0 spiro atoms. The summed E-state index contributed by atoms with van der Waals surface area (Å²) in [6, 6.07) is 0. The molecule has 0 rings (SSSR count). The number of hydrogen-bond acceptors (Lipinski definition) is 0. The molecule has 4 heavy (non-hydrogen) atoms. The van der Waals surface area contributed by atoms with E-state index in [1.807, 2.05) is 13.8 Å². The summed E-state index contributed by atoms with van der Waals surface area (Å²) in [5.41, 5.74) is 0. The third-order valence-electron chi connectivity index (χ3n) is 0. The minimum atomic E-state index is 2.00. The molecule has 0 unspecified atom stereocenters. The Kier molecular flexibility index (Phi) is 84.3. The van der Waals surface area contributed by atoms with Crippen LogP contribution in [0.15, 0.2) is 0 Å². The summed E-state index contributed by atoms with van der Waals surface area (Å²) in [6.07, 6.45) is 0. The van der Waals surface area contributed by atoms with E-state index in [4.69, 9.17) is 0 Å². The average Bonchev–Trinajstić information content (AvgIpc) is 1.50. The van der Waals surface area contributed by atoms with E-state index in [1.165, 1.54) is 0 Å². The summed E-state index contributed by atoms with van der Waals surface area (Å²) < 4.78 is 0. The number of rotatable bonds is 0. The molecule has 0 aliphatic carbocycles. The van der Waals surface area contributed by atoms with Crippen LogP contribution < -0.4 is 0 Å². The molecular formula is C2H6ClPd. The van der Waals surface area contributed by atoms with Gasteiger partial charge in [0, 0.05) is 0 Å². The summed E-state index contributed by atoms with van der Waals surface area (Å²) in [4.78, 5) is 0. The third-order valence-corrected chi connectivity index (χ3v) is 0. The van der Waals surface area contributed by atoms with Crippen LogP contribution in [-0.4, -0.2) is 0 Å². The molecule has 0 bridgehead atoms. The van der Waals surface area contributed by atoms with Crippen molar-refractivity contribution in [1.82, 2.24) is 0 Å². The van der Waals surface area contributed by atoms with Crippen LogP contribution in [0.4, 0.5) is 0 Å². The summed E-state index contributed by atoms with van der Waals surface area (Å²) in [5, 5.41) is 0. The van der Waals surface area contributed by atoms with E-state index >= 15 is 0 Å². The SMILES string of the molecule is CC.[Cl][Pd]. The third kappa shape index (κ3) is 12.4. The predicted molar refractivity (Wildman–Crippen MR) is 17.2 cm³/mol. The molecule has 0 aromatic carbocycles. The predicted octanol–water partition coefficient (Wildman–Crippen LogP) is 1.71. The molecule has 0 radical (unpaired) electrons. The fourth-order valence-electron chi connectivity index (χ4n) is 0. The van der Waals surface area contributed by atoms with Gasteiger partial charge in [-0.2, -0.15) is 0 Å². The molecule has 0 nitrogen and oxygen atoms in total. The Bertz CT molecular complexity index is 6.00. The molecule has 0 amide bonds. The summed E-state index contributed by atoms with van der Waals surface area (Å²) in [5.74, 6) is 0. The summed E-state index contributed by atoms with van der Waals surface area (Å²) in [6.45, 7) is 4.00. The Morgan fingerprint density at radius 2 is 1.25 bits per heavy atom. The monoisotopic (exact) mass is 171 g/mol. The van der Waals surface area contributed by atoms with Crippen molar-refractivity contribution in [3.8, 4) is 0 Å². The molecule has 0 atom stereocenters. The van der Waals surface area contributed by atoms with E-state index in [0.29, 0.717) is 0 Å². The topological polar surface area (TPSA) is 0 Å². The Labute approximate surface area is 41.9 Å². The van der Waals surface area contributed by atoms with Gasteiger partial charge in [0.2, 0.25) is 0 Å². The van der Waals surface area contributed by atoms with Gasteiger partial charge in [-0.25, -0.2) is 0 Å². The van der Waals surface area contributed by atoms with Crippen molar-refractivity contribution in [3.05, 3.63) is 0 Å². The van der Waals surface area contributed by atoms with Gasteiger partial charge in [0.05, 0.1) is 0 Å². The summed E-state index contributed by atoms with van der Waals surface area (Å²) >= 11 is 2.22. The van der Waals surface area contributed by atoms with Crippen molar-refractivity contribution in [1.29, 1.82) is 0 Å². The first-order valence-electron chi connectivity index (χ1n) is 1.12. The molecular weight excluding hydrogens is 166 g/mol. The zero-order valence-electron chi connectivity index (χ0n) is 2.69. The standard InChI is InChI=1S/C2H6.ClH.Pd/c1-2;;/h1-2H3;1H;/q;;+1/p-1. The molecule has 0 saturated heterocycles. The zero-order valence-corrected chi connectivity index (χ0v) is 5.00. The fraction of sp³-hybridized carbons (Fsp3) is 1.00.